The number of nitrogens with zero attached hydrogens (tertiary/aromatic N) is 2. The second-order valence-electron chi connectivity index (χ2n) is 19.1. The predicted octanol–water partition coefficient (Wildman–Crippen LogP) is 6.57. The van der Waals surface area contributed by atoms with E-state index in [2.05, 4.69) is 19.4 Å². The van der Waals surface area contributed by atoms with Gasteiger partial charge in [-0.05, 0) is 32.1 Å². The SMILES string of the molecule is CO[C@H]1/C=C/O[C@@]2(C)Oc3c(C)c(O)c4c(=O)c(c5oc6cc(OC7CC[N+](C)(C)CC7)ccc6nc-5c4c3C2=O)NC(=O)/C(C)=C\C=C\[C@H](C)[C@H](O)[C@@H](C)[C@@H](O)[C@@H](C)[C@H](OC(C)=O)[C@@H]1C. The fourth-order valence-corrected chi connectivity index (χ4v) is 9.41. The number of fused-ring (bicyclic) bond motifs is 2. The van der Waals surface area contributed by atoms with Gasteiger partial charge in [0.2, 0.25) is 5.43 Å². The third kappa shape index (κ3) is 9.03. The standard InChI is InChI=1S/C50H61N3O13/c1-24-13-12-14-25(2)49(60)52-40-44(58)37-36(39-47(40)65-35-23-32(15-16-33(35)51-39)64-31-17-20-53(9,10)21-18-31)38-46(29(6)43(37)57)66-50(8,48(38)59)62-22-19-34(61-11)26(3)45(63-30(7)54)28(5)42(56)27(4)41(24)55/h12-16,19,22-24,26-28,31,34,41-42,45,55-56H,17-18,20-21H2,1-11H3,(H-,51,52,57,58,59,60)/p+1/b13-12+,22-19+,25-14-/t24-,26+,27+,28+,34-,41-,42+,45+,50-/m0/s1. The molecule has 0 spiro atoms. The number of quaternary nitrogens is 1. The van der Waals surface area contributed by atoms with Crippen LogP contribution >= 0.6 is 0 Å². The molecule has 16 heteroatoms. The number of phenols is 1. The Hall–Kier alpha value is -5.81. The molecule has 0 saturated carbocycles. The molecule has 4 N–H and O–H groups in total. The zero-order valence-electron chi connectivity index (χ0n) is 39.5. The normalized spacial score (nSPS) is 30.7. The van der Waals surface area contributed by atoms with E-state index in [1.54, 1.807) is 58.0 Å². The maximum absolute atomic E-state index is 14.8. The topological polar surface area (TPSA) is 213 Å². The Morgan fingerprint density at radius 2 is 1.67 bits per heavy atom. The molecule has 66 heavy (non-hydrogen) atoms. The molecule has 4 aliphatic heterocycles. The van der Waals surface area contributed by atoms with Crippen molar-refractivity contribution in [3.05, 3.63) is 75.7 Å². The molecule has 4 bridgehead atoms. The lowest BCUT2D eigenvalue weighted by molar-refractivity contribution is -0.895. The number of methoxy groups -OCH3 is 1. The fraction of sp³-hybridized carbons (Fsp3) is 0.500. The van der Waals surface area contributed by atoms with Gasteiger partial charge in [0, 0.05) is 80.1 Å². The lowest BCUT2D eigenvalue weighted by Gasteiger charge is -2.38. The van der Waals surface area contributed by atoms with E-state index in [0.717, 1.165) is 30.4 Å². The molecule has 9 atom stereocenters. The fourth-order valence-electron chi connectivity index (χ4n) is 9.41. The monoisotopic (exact) mass is 912 g/mol. The van der Waals surface area contributed by atoms with Crippen molar-refractivity contribution in [2.45, 2.75) is 105 Å². The number of amides is 1. The van der Waals surface area contributed by atoms with Crippen LogP contribution in [0.5, 0.6) is 17.2 Å². The maximum atomic E-state index is 14.8. The number of rotatable bonds is 4. The second kappa shape index (κ2) is 18.5. The molecule has 354 valence electrons. The van der Waals surface area contributed by atoms with E-state index in [-0.39, 0.29) is 62.1 Å². The van der Waals surface area contributed by atoms with E-state index >= 15 is 0 Å². The third-order valence-corrected chi connectivity index (χ3v) is 13.7. The van der Waals surface area contributed by atoms with E-state index in [0.29, 0.717) is 11.3 Å². The number of ether oxygens (including phenoxy) is 5. The summed E-state index contributed by atoms with van der Waals surface area (Å²) in [6.07, 6.45) is 5.32. The van der Waals surface area contributed by atoms with E-state index in [4.69, 9.17) is 33.1 Å². The summed E-state index contributed by atoms with van der Waals surface area (Å²) in [5, 5.41) is 37.2. The van der Waals surface area contributed by atoms with Gasteiger partial charge in [-0.3, -0.25) is 19.2 Å². The number of carbonyl (C=O) groups excluding carboxylic acids is 3. The first-order valence-corrected chi connectivity index (χ1v) is 22.5. The van der Waals surface area contributed by atoms with Crippen molar-refractivity contribution >= 4 is 45.2 Å². The number of likely N-dealkylation sites (tertiary alicyclic amines) is 1. The van der Waals surface area contributed by atoms with Gasteiger partial charge in [0.15, 0.2) is 11.3 Å². The smallest absolute Gasteiger partial charge is 0.312 e. The number of esters is 1. The molecule has 4 heterocycles. The zero-order chi connectivity index (χ0) is 48.2. The zero-order valence-corrected chi connectivity index (χ0v) is 39.5. The number of aliphatic hydroxyl groups excluding tert-OH is 2. The maximum Gasteiger partial charge on any atom is 0.312 e. The Bertz CT molecular complexity index is 2680. The first-order chi connectivity index (χ1) is 31.1. The summed E-state index contributed by atoms with van der Waals surface area (Å²) < 4.78 is 37.7. The first kappa shape index (κ1) is 48.1. The van der Waals surface area contributed by atoms with Crippen molar-refractivity contribution in [3.63, 3.8) is 0 Å². The van der Waals surface area contributed by atoms with Gasteiger partial charge < -0.3 is 53.2 Å². The number of aliphatic hydroxyl groups is 2. The summed E-state index contributed by atoms with van der Waals surface area (Å²) in [4.78, 5) is 60.9. The average Bonchev–Trinajstić information content (AvgIpc) is 3.54. The van der Waals surface area contributed by atoms with E-state index < -0.39 is 82.7 Å². The highest BCUT2D eigenvalue weighted by Gasteiger charge is 2.50. The van der Waals surface area contributed by atoms with Gasteiger partial charge in [-0.1, -0.05) is 45.9 Å². The minimum absolute atomic E-state index is 0.00866. The van der Waals surface area contributed by atoms with Crippen molar-refractivity contribution in [1.29, 1.82) is 0 Å². The van der Waals surface area contributed by atoms with Crippen molar-refractivity contribution in [1.82, 2.24) is 4.98 Å². The number of hydrogen-bond acceptors (Lipinski definition) is 14. The molecule has 1 fully saturated rings. The quantitative estimate of drug-likeness (QED) is 0.0739. The highest BCUT2D eigenvalue weighted by molar-refractivity contribution is 6.22. The van der Waals surface area contributed by atoms with Crippen LogP contribution in [0.2, 0.25) is 0 Å². The molecule has 1 amide bonds. The molecule has 0 aromatic heterocycles. The number of benzene rings is 3. The summed E-state index contributed by atoms with van der Waals surface area (Å²) in [7, 11) is 5.82. The van der Waals surface area contributed by atoms with E-state index in [1.807, 2.05) is 0 Å². The second-order valence-corrected chi connectivity index (χ2v) is 19.1. The van der Waals surface area contributed by atoms with E-state index in [1.165, 1.54) is 53.2 Å². The summed E-state index contributed by atoms with van der Waals surface area (Å²) in [5.74, 6) is -6.69. The number of anilines is 1. The third-order valence-electron chi connectivity index (χ3n) is 13.7. The van der Waals surface area contributed by atoms with Crippen LogP contribution in [0.25, 0.3) is 33.3 Å². The Balaban J connectivity index is 1.41. The van der Waals surface area contributed by atoms with Crippen LogP contribution < -0.4 is 20.2 Å². The molecular weight excluding hydrogens is 851 g/mol. The number of aromatic nitrogens is 1. The highest BCUT2D eigenvalue weighted by atomic mass is 16.7. The molecule has 2 aromatic carbocycles. The van der Waals surface area contributed by atoms with Crippen molar-refractivity contribution in [3.8, 4) is 28.7 Å². The first-order valence-electron chi connectivity index (χ1n) is 22.5. The van der Waals surface area contributed by atoms with Gasteiger partial charge in [-0.2, -0.15) is 0 Å². The van der Waals surface area contributed by atoms with Crippen LogP contribution in [-0.2, 0) is 23.8 Å². The molecule has 0 radical (unpaired) electrons. The summed E-state index contributed by atoms with van der Waals surface area (Å²) in [5.41, 5.74) is -0.456. The lowest BCUT2D eigenvalue weighted by Crippen LogP contribution is -2.48. The summed E-state index contributed by atoms with van der Waals surface area (Å²) >= 11 is 0. The molecule has 1 aliphatic carbocycles. The highest BCUT2D eigenvalue weighted by Crippen LogP contribution is 2.50. The largest absolute Gasteiger partial charge is 0.507 e. The molecule has 0 unspecified atom stereocenters. The molecular formula is C50H62N3O13+. The van der Waals surface area contributed by atoms with Gasteiger partial charge in [0.1, 0.15) is 46.4 Å². The Morgan fingerprint density at radius 3 is 2.33 bits per heavy atom. The van der Waals surface area contributed by atoms with Gasteiger partial charge in [-0.15, -0.1) is 0 Å². The van der Waals surface area contributed by atoms with Crippen LogP contribution in [-0.4, -0.2) is 113 Å². The minimum atomic E-state index is -2.04. The lowest BCUT2D eigenvalue weighted by atomic mass is 9.78. The van der Waals surface area contributed by atoms with Gasteiger partial charge >= 0.3 is 11.8 Å². The number of piperidine rings is 1. The Morgan fingerprint density at radius 1 is 0.970 bits per heavy atom. The number of phenolic OH excluding ortho intramolecular Hbond substituents is 1. The minimum Gasteiger partial charge on any atom is -0.507 e. The molecule has 5 aliphatic rings. The molecule has 16 nitrogen and oxygen atoms in total. The number of allylic oxidation sites excluding steroid dienone is 2. The summed E-state index contributed by atoms with van der Waals surface area (Å²) in [6, 6.07) is 5.15. The number of hydrogen-bond donors (Lipinski definition) is 4. The average molecular weight is 913 g/mol. The predicted molar refractivity (Wildman–Crippen MR) is 246 cm³/mol. The van der Waals surface area contributed by atoms with Crippen molar-refractivity contribution in [2.24, 2.45) is 23.7 Å². The Kier molecular flexibility index (Phi) is 13.5. The summed E-state index contributed by atoms with van der Waals surface area (Å²) in [6.45, 7) is 14.5. The number of nitrogens with one attached hydrogen (secondary N) is 1. The van der Waals surface area contributed by atoms with Gasteiger partial charge in [-0.25, -0.2) is 4.98 Å². The van der Waals surface area contributed by atoms with Crippen molar-refractivity contribution in [2.75, 3.05) is 39.6 Å². The van der Waals surface area contributed by atoms with Gasteiger partial charge in [0.25, 0.3) is 11.7 Å². The van der Waals surface area contributed by atoms with Crippen LogP contribution in [0, 0.1) is 30.6 Å². The number of aromatic hydroxyl groups is 1. The number of ketones is 1. The van der Waals surface area contributed by atoms with Crippen LogP contribution in [0.3, 0.4) is 0 Å². The molecule has 7 rings (SSSR count). The van der Waals surface area contributed by atoms with Crippen LogP contribution in [0.15, 0.2) is 63.6 Å². The van der Waals surface area contributed by atoms with E-state index in [9.17, 15) is 34.5 Å². The van der Waals surface area contributed by atoms with Crippen molar-refractivity contribution < 1.29 is 62.3 Å². The molecule has 2 aromatic rings. The Labute approximate surface area is 383 Å². The van der Waals surface area contributed by atoms with Gasteiger partial charge in [0.05, 0.1) is 62.7 Å². The molecule has 1 saturated heterocycles. The number of carbonyl (C=O) groups is 3. The number of Topliss-reactive ketones (excluding diaryl/α,β-unsaturated/α-hetero) is 1. The van der Waals surface area contributed by atoms with Crippen LogP contribution in [0.4, 0.5) is 5.69 Å². The van der Waals surface area contributed by atoms with Crippen LogP contribution in [0.1, 0.15) is 77.2 Å².